The number of hydrogen-bond acceptors (Lipinski definition) is 4. The van der Waals surface area contributed by atoms with Crippen molar-refractivity contribution in [3.63, 3.8) is 0 Å². The lowest BCUT2D eigenvalue weighted by molar-refractivity contribution is 0.112. The molecular weight excluding hydrogens is 273 g/mol. The zero-order valence-corrected chi connectivity index (χ0v) is 9.80. The summed E-state index contributed by atoms with van der Waals surface area (Å²) in [6.45, 7) is 0. The van der Waals surface area contributed by atoms with Gasteiger partial charge in [0.15, 0.2) is 21.4 Å². The molecule has 1 heterocycles. The summed E-state index contributed by atoms with van der Waals surface area (Å²) in [5.41, 5.74) is -0.0572. The highest BCUT2D eigenvalue weighted by Gasteiger charge is 2.57. The molecule has 1 aliphatic heterocycles. The van der Waals surface area contributed by atoms with E-state index in [0.717, 1.165) is 19.2 Å². The lowest BCUT2D eigenvalue weighted by Crippen LogP contribution is -2.12. The molecule has 0 saturated heterocycles. The average Bonchev–Trinajstić information content (AvgIpc) is 2.80. The zero-order valence-electron chi connectivity index (χ0n) is 8.98. The van der Waals surface area contributed by atoms with Crippen molar-refractivity contribution in [1.29, 1.82) is 0 Å². The first-order valence-electron chi connectivity index (χ1n) is 4.62. The van der Waals surface area contributed by atoms with E-state index in [1.54, 1.807) is 0 Å². The minimum Gasteiger partial charge on any atom is -0.493 e. The SMILES string of the molecule is COc1cc(C=O)cc(F)c1OS1(=O)=CC1(F)F. The molecule has 1 aromatic rings. The second-order valence-electron chi connectivity index (χ2n) is 3.46. The maximum Gasteiger partial charge on any atom is 0.374 e. The molecule has 1 aromatic carbocycles. The fourth-order valence-corrected chi connectivity index (χ4v) is 2.37. The van der Waals surface area contributed by atoms with E-state index in [1.807, 2.05) is 0 Å². The largest absolute Gasteiger partial charge is 0.493 e. The van der Waals surface area contributed by atoms with Crippen molar-refractivity contribution in [3.05, 3.63) is 23.5 Å². The predicted octanol–water partition coefficient (Wildman–Crippen LogP) is 1.63. The van der Waals surface area contributed by atoms with Gasteiger partial charge >= 0.3 is 5.25 Å². The van der Waals surface area contributed by atoms with Gasteiger partial charge in [-0.2, -0.15) is 8.78 Å². The smallest absolute Gasteiger partial charge is 0.374 e. The highest BCUT2D eigenvalue weighted by Crippen LogP contribution is 2.40. The lowest BCUT2D eigenvalue weighted by atomic mass is 10.2. The van der Waals surface area contributed by atoms with Crippen LogP contribution in [0.15, 0.2) is 12.1 Å². The second-order valence-corrected chi connectivity index (χ2v) is 5.50. The van der Waals surface area contributed by atoms with Crippen LogP contribution < -0.4 is 8.92 Å². The van der Waals surface area contributed by atoms with E-state index < -0.39 is 26.6 Å². The van der Waals surface area contributed by atoms with E-state index in [0.29, 0.717) is 6.29 Å². The Morgan fingerprint density at radius 2 is 2.00 bits per heavy atom. The highest BCUT2D eigenvalue weighted by molar-refractivity contribution is 8.07. The Balaban J connectivity index is 2.43. The summed E-state index contributed by atoms with van der Waals surface area (Å²) >= 11 is 0. The second kappa shape index (κ2) is 3.91. The summed E-state index contributed by atoms with van der Waals surface area (Å²) in [5.74, 6) is -2.09. The molecule has 18 heavy (non-hydrogen) atoms. The maximum atomic E-state index is 13.5. The number of hydrogen-bond donors (Lipinski definition) is 0. The molecule has 0 fully saturated rings. The summed E-state index contributed by atoms with van der Waals surface area (Å²) in [4.78, 5) is 10.5. The fourth-order valence-electron chi connectivity index (χ4n) is 1.25. The summed E-state index contributed by atoms with van der Waals surface area (Å²) in [7, 11) is -2.86. The molecule has 1 aliphatic rings. The first kappa shape index (κ1) is 12.7. The normalized spacial score (nSPS) is 24.0. The van der Waals surface area contributed by atoms with Gasteiger partial charge in [0, 0.05) is 5.56 Å². The molecule has 0 amide bonds. The van der Waals surface area contributed by atoms with Crippen molar-refractivity contribution in [2.24, 2.45) is 0 Å². The fraction of sp³-hybridized carbons (Fsp3) is 0.200. The highest BCUT2D eigenvalue weighted by atomic mass is 32.2. The van der Waals surface area contributed by atoms with Crippen LogP contribution in [-0.2, 0) is 9.80 Å². The monoisotopic (exact) mass is 280 g/mol. The van der Waals surface area contributed by atoms with Crippen molar-refractivity contribution in [2.75, 3.05) is 7.11 Å². The Bertz CT molecular complexity index is 632. The Morgan fingerprint density at radius 1 is 1.39 bits per heavy atom. The number of halogens is 3. The lowest BCUT2D eigenvalue weighted by Gasteiger charge is -2.11. The van der Waals surface area contributed by atoms with Crippen LogP contribution in [0.1, 0.15) is 10.4 Å². The molecular formula is C10H7F3O4S. The summed E-state index contributed by atoms with van der Waals surface area (Å²) < 4.78 is 59.5. The van der Waals surface area contributed by atoms with Crippen molar-refractivity contribution >= 4 is 21.5 Å². The molecule has 0 spiro atoms. The number of carbonyl (C=O) groups is 1. The van der Waals surface area contributed by atoms with Gasteiger partial charge < -0.3 is 8.92 Å². The molecule has 0 aliphatic carbocycles. The molecule has 98 valence electrons. The number of benzene rings is 1. The zero-order chi connectivity index (χ0) is 13.6. The minimum absolute atomic E-state index is 0.0572. The average molecular weight is 280 g/mol. The first-order chi connectivity index (χ1) is 8.33. The minimum atomic E-state index is -4.00. The van der Waals surface area contributed by atoms with Crippen molar-refractivity contribution in [2.45, 2.75) is 5.25 Å². The number of methoxy groups -OCH3 is 1. The van der Waals surface area contributed by atoms with Gasteiger partial charge in [-0.25, -0.2) is 8.60 Å². The van der Waals surface area contributed by atoms with Crippen LogP contribution >= 0.6 is 0 Å². The number of alkyl halides is 2. The quantitative estimate of drug-likeness (QED) is 0.621. The summed E-state index contributed by atoms with van der Waals surface area (Å²) in [5, 5.41) is -3.39. The van der Waals surface area contributed by atoms with Crippen LogP contribution in [0.5, 0.6) is 11.5 Å². The number of rotatable bonds is 4. The van der Waals surface area contributed by atoms with Crippen molar-refractivity contribution < 1.29 is 31.1 Å². The molecule has 0 saturated carbocycles. The Labute approximate surface area is 101 Å². The Kier molecular flexibility index (Phi) is 2.77. The van der Waals surface area contributed by atoms with Crippen LogP contribution in [0, 0.1) is 5.82 Å². The molecule has 4 nitrogen and oxygen atoms in total. The predicted molar refractivity (Wildman–Crippen MR) is 58.1 cm³/mol. The van der Waals surface area contributed by atoms with Crippen LogP contribution in [0.4, 0.5) is 13.2 Å². The van der Waals surface area contributed by atoms with Crippen molar-refractivity contribution in [3.8, 4) is 11.5 Å². The van der Waals surface area contributed by atoms with Gasteiger partial charge in [-0.15, -0.1) is 0 Å². The van der Waals surface area contributed by atoms with Crippen LogP contribution in [0.25, 0.3) is 0 Å². The summed E-state index contributed by atoms with van der Waals surface area (Å²) in [6.07, 6.45) is 0.354. The van der Waals surface area contributed by atoms with Gasteiger partial charge in [0.25, 0.3) is 0 Å². The van der Waals surface area contributed by atoms with Crippen LogP contribution in [0.2, 0.25) is 0 Å². The third-order valence-electron chi connectivity index (χ3n) is 2.21. The number of aldehydes is 1. The Hall–Kier alpha value is -1.70. The first-order valence-corrected chi connectivity index (χ1v) is 6.17. The number of carbonyl (C=O) groups excluding carboxylic acids is 1. The van der Waals surface area contributed by atoms with E-state index in [4.69, 9.17) is 4.74 Å². The van der Waals surface area contributed by atoms with Gasteiger partial charge in [0.2, 0.25) is 5.75 Å². The maximum absolute atomic E-state index is 13.5. The molecule has 0 radical (unpaired) electrons. The van der Waals surface area contributed by atoms with E-state index in [2.05, 4.69) is 4.18 Å². The third-order valence-corrected chi connectivity index (χ3v) is 3.85. The van der Waals surface area contributed by atoms with E-state index in [-0.39, 0.29) is 16.7 Å². The van der Waals surface area contributed by atoms with E-state index >= 15 is 0 Å². The molecule has 1 unspecified atom stereocenters. The summed E-state index contributed by atoms with van der Waals surface area (Å²) in [6, 6.07) is 1.86. The standard InChI is InChI=1S/C10H7F3O4S/c1-16-8-3-6(4-14)2-7(11)9(8)17-18(15)5-10(18,12)13/h2-5H,1H3. The van der Waals surface area contributed by atoms with Crippen LogP contribution in [-0.4, -0.2) is 28.2 Å². The topological polar surface area (TPSA) is 52.6 Å². The van der Waals surface area contributed by atoms with Gasteiger partial charge in [-0.1, -0.05) is 0 Å². The van der Waals surface area contributed by atoms with Crippen molar-refractivity contribution in [1.82, 2.24) is 0 Å². The molecule has 0 N–H and O–H groups in total. The Morgan fingerprint density at radius 3 is 2.44 bits per heavy atom. The molecule has 0 bridgehead atoms. The molecule has 1 atom stereocenters. The van der Waals surface area contributed by atoms with Gasteiger partial charge in [-0.05, 0) is 12.1 Å². The number of ether oxygens (including phenoxy) is 1. The molecule has 0 aromatic heterocycles. The third kappa shape index (κ3) is 1.92. The molecule has 8 heteroatoms. The van der Waals surface area contributed by atoms with Gasteiger partial charge in [0.05, 0.1) is 12.5 Å². The molecule has 2 rings (SSSR count). The van der Waals surface area contributed by atoms with Gasteiger partial charge in [-0.3, -0.25) is 4.79 Å². The van der Waals surface area contributed by atoms with E-state index in [9.17, 15) is 22.2 Å². The van der Waals surface area contributed by atoms with E-state index in [1.165, 1.54) is 0 Å². The van der Waals surface area contributed by atoms with Crippen LogP contribution in [0.3, 0.4) is 0 Å². The van der Waals surface area contributed by atoms with Gasteiger partial charge in [0.1, 0.15) is 6.29 Å².